The molecule has 0 saturated carbocycles. The zero-order valence-electron chi connectivity index (χ0n) is 19.9. The largest absolute Gasteiger partial charge is 0.491 e. The molecular weight excluding hydrogens is 472 g/mol. The van der Waals surface area contributed by atoms with Gasteiger partial charge in [-0.3, -0.25) is 14.3 Å². The summed E-state index contributed by atoms with van der Waals surface area (Å²) in [5, 5.41) is 0. The molecule has 4 heterocycles. The minimum absolute atomic E-state index is 0.348. The van der Waals surface area contributed by atoms with Crippen molar-refractivity contribution in [2.75, 3.05) is 33.1 Å². The van der Waals surface area contributed by atoms with Gasteiger partial charge < -0.3 is 20.1 Å². The maximum atomic E-state index is 12.3. The standard InChI is InChI=1S/C23H26N4O3.CH4O3S/c1-27-8-2-5-16(27)13-30-19-11-18(21-17(6-7-25-21)20(19)22(24)28)15-10-14-4-3-9-29-23(14)26-12-15;1-5(2,3)4/h7,10-12,16H,2-6,8-9,13H2,1H3,(H2,24,28);1H3,(H,2,3,4). The fourth-order valence-electron chi connectivity index (χ4n) is 4.64. The van der Waals surface area contributed by atoms with E-state index in [1.165, 1.54) is 6.42 Å². The van der Waals surface area contributed by atoms with Gasteiger partial charge in [0.1, 0.15) is 12.4 Å². The van der Waals surface area contributed by atoms with Crippen LogP contribution in [0.1, 0.15) is 40.7 Å². The lowest BCUT2D eigenvalue weighted by atomic mass is 9.94. The number of hydrogen-bond donors (Lipinski definition) is 2. The number of rotatable bonds is 5. The van der Waals surface area contributed by atoms with Gasteiger partial charge in [-0.2, -0.15) is 8.42 Å². The number of amides is 1. The number of likely N-dealkylation sites (N-methyl/N-ethyl adjacent to an activating group) is 1. The van der Waals surface area contributed by atoms with Gasteiger partial charge in [0, 0.05) is 47.1 Å². The average Bonchev–Trinajstić information content (AvgIpc) is 3.44. The van der Waals surface area contributed by atoms with Crippen LogP contribution in [0.25, 0.3) is 11.1 Å². The van der Waals surface area contributed by atoms with E-state index in [1.54, 1.807) is 0 Å². The molecule has 0 aliphatic carbocycles. The molecule has 10 nitrogen and oxygen atoms in total. The molecule has 1 amide bonds. The van der Waals surface area contributed by atoms with Gasteiger partial charge in [0.25, 0.3) is 16.0 Å². The zero-order valence-corrected chi connectivity index (χ0v) is 20.7. The van der Waals surface area contributed by atoms with Crippen molar-refractivity contribution in [1.82, 2.24) is 9.88 Å². The minimum atomic E-state index is -3.67. The van der Waals surface area contributed by atoms with E-state index in [9.17, 15) is 13.2 Å². The smallest absolute Gasteiger partial charge is 0.261 e. The Labute approximate surface area is 204 Å². The van der Waals surface area contributed by atoms with Gasteiger partial charge in [-0.1, -0.05) is 0 Å². The molecule has 1 aromatic heterocycles. The molecule has 1 saturated heterocycles. The second-order valence-corrected chi connectivity index (χ2v) is 10.4. The fraction of sp³-hybridized carbons (Fsp3) is 0.458. The third-order valence-electron chi connectivity index (χ3n) is 6.30. The van der Waals surface area contributed by atoms with Gasteiger partial charge >= 0.3 is 0 Å². The molecule has 0 radical (unpaired) electrons. The highest BCUT2D eigenvalue weighted by molar-refractivity contribution is 7.85. The summed E-state index contributed by atoms with van der Waals surface area (Å²) < 4.78 is 37.7. The Bertz CT molecular complexity index is 1250. The summed E-state index contributed by atoms with van der Waals surface area (Å²) >= 11 is 0. The normalized spacial score (nSPS) is 18.8. The van der Waals surface area contributed by atoms with Crippen molar-refractivity contribution >= 4 is 27.9 Å². The van der Waals surface area contributed by atoms with Crippen LogP contribution in [0, 0.1) is 0 Å². The second-order valence-electron chi connectivity index (χ2n) is 8.97. The Balaban J connectivity index is 0.000000527. The van der Waals surface area contributed by atoms with E-state index in [4.69, 9.17) is 19.8 Å². The highest BCUT2D eigenvalue weighted by Crippen LogP contribution is 2.43. The first-order chi connectivity index (χ1) is 16.6. The molecule has 3 aliphatic heterocycles. The SMILES string of the molecule is CN1CCCC1COc1cc(-c2cnc3c(c2)CCCO3)c2c(c1C(N)=O)CC=N2.CS(=O)(=O)O. The van der Waals surface area contributed by atoms with Gasteiger partial charge in [-0.25, -0.2) is 4.98 Å². The van der Waals surface area contributed by atoms with Crippen molar-refractivity contribution in [3.8, 4) is 22.8 Å². The summed E-state index contributed by atoms with van der Waals surface area (Å²) in [6.45, 7) is 2.31. The van der Waals surface area contributed by atoms with Crippen LogP contribution < -0.4 is 15.2 Å². The van der Waals surface area contributed by atoms with Crippen molar-refractivity contribution < 1.29 is 27.2 Å². The van der Waals surface area contributed by atoms with Crippen molar-refractivity contribution in [1.29, 1.82) is 0 Å². The maximum Gasteiger partial charge on any atom is 0.261 e. The number of nitrogens with zero attached hydrogens (tertiary/aromatic N) is 3. The number of aromatic nitrogens is 1. The Morgan fingerprint density at radius 3 is 2.80 bits per heavy atom. The predicted molar refractivity (Wildman–Crippen MR) is 132 cm³/mol. The van der Waals surface area contributed by atoms with Crippen molar-refractivity contribution in [2.45, 2.75) is 38.1 Å². The lowest BCUT2D eigenvalue weighted by Gasteiger charge is -2.22. The first kappa shape index (κ1) is 25.1. The molecule has 3 N–H and O–H groups in total. The number of hydrogen-bond acceptors (Lipinski definition) is 8. The molecule has 5 rings (SSSR count). The Kier molecular flexibility index (Phi) is 7.39. The van der Waals surface area contributed by atoms with E-state index in [-0.39, 0.29) is 0 Å². The lowest BCUT2D eigenvalue weighted by molar-refractivity contribution is 0.0993. The minimum Gasteiger partial charge on any atom is -0.491 e. The van der Waals surface area contributed by atoms with Gasteiger partial charge in [0.15, 0.2) is 0 Å². The number of pyridine rings is 1. The molecule has 0 bridgehead atoms. The number of carbonyl (C=O) groups excluding carboxylic acids is 1. The summed E-state index contributed by atoms with van der Waals surface area (Å²) in [5.41, 5.74) is 10.8. The van der Waals surface area contributed by atoms with Gasteiger partial charge in [0.05, 0.1) is 24.1 Å². The van der Waals surface area contributed by atoms with Gasteiger partial charge in [-0.05, 0) is 51.4 Å². The van der Waals surface area contributed by atoms with Crippen LogP contribution in [-0.4, -0.2) is 74.1 Å². The fourth-order valence-corrected chi connectivity index (χ4v) is 4.64. The van der Waals surface area contributed by atoms with E-state index in [0.29, 0.717) is 49.1 Å². The van der Waals surface area contributed by atoms with E-state index in [2.05, 4.69) is 28.0 Å². The van der Waals surface area contributed by atoms with Crippen LogP contribution in [0.5, 0.6) is 11.6 Å². The maximum absolute atomic E-state index is 12.3. The lowest BCUT2D eigenvalue weighted by Crippen LogP contribution is -2.31. The van der Waals surface area contributed by atoms with E-state index < -0.39 is 16.0 Å². The number of nitrogens with two attached hydrogens (primary N) is 1. The molecule has 188 valence electrons. The highest BCUT2D eigenvalue weighted by Gasteiger charge is 2.27. The van der Waals surface area contributed by atoms with Crippen molar-refractivity contribution in [3.05, 3.63) is 35.0 Å². The predicted octanol–water partition coefficient (Wildman–Crippen LogP) is 2.41. The number of primary amides is 1. The molecule has 11 heteroatoms. The van der Waals surface area contributed by atoms with E-state index >= 15 is 0 Å². The third kappa shape index (κ3) is 5.98. The molecule has 1 atom stereocenters. The Morgan fingerprint density at radius 2 is 2.11 bits per heavy atom. The first-order valence-corrected chi connectivity index (χ1v) is 13.4. The molecule has 3 aliphatic rings. The molecular formula is C24H30N4O6S. The summed E-state index contributed by atoms with van der Waals surface area (Å²) in [5.74, 6) is 0.769. The molecule has 1 aromatic carbocycles. The van der Waals surface area contributed by atoms with Crippen LogP contribution in [0.15, 0.2) is 23.3 Å². The number of benzene rings is 1. The molecule has 35 heavy (non-hydrogen) atoms. The average molecular weight is 503 g/mol. The summed E-state index contributed by atoms with van der Waals surface area (Å²) in [6, 6.07) is 4.37. The molecule has 2 aromatic rings. The number of aryl methyl sites for hydroxylation is 1. The molecule has 0 spiro atoms. The number of ether oxygens (including phenoxy) is 2. The van der Waals surface area contributed by atoms with Crippen LogP contribution >= 0.6 is 0 Å². The summed E-state index contributed by atoms with van der Waals surface area (Å²) in [4.78, 5) is 23.7. The van der Waals surface area contributed by atoms with Crippen LogP contribution in [0.2, 0.25) is 0 Å². The monoisotopic (exact) mass is 502 g/mol. The summed E-state index contributed by atoms with van der Waals surface area (Å²) in [7, 11) is -1.56. The van der Waals surface area contributed by atoms with Crippen LogP contribution in [0.3, 0.4) is 0 Å². The number of carbonyl (C=O) groups is 1. The van der Waals surface area contributed by atoms with E-state index in [0.717, 1.165) is 53.7 Å². The third-order valence-corrected chi connectivity index (χ3v) is 6.30. The Hall–Kier alpha value is -3.02. The topological polar surface area (TPSA) is 144 Å². The number of likely N-dealkylation sites (tertiary alicyclic amines) is 1. The Morgan fingerprint density at radius 1 is 1.34 bits per heavy atom. The van der Waals surface area contributed by atoms with Crippen molar-refractivity contribution in [2.24, 2.45) is 10.7 Å². The number of fused-ring (bicyclic) bond motifs is 2. The zero-order chi connectivity index (χ0) is 25.2. The van der Waals surface area contributed by atoms with Crippen LogP contribution in [-0.2, 0) is 23.0 Å². The molecule has 1 unspecified atom stereocenters. The van der Waals surface area contributed by atoms with Crippen molar-refractivity contribution in [3.63, 3.8) is 0 Å². The molecule has 1 fully saturated rings. The van der Waals surface area contributed by atoms with Gasteiger partial charge in [0.2, 0.25) is 5.88 Å². The van der Waals surface area contributed by atoms with Crippen LogP contribution in [0.4, 0.5) is 5.69 Å². The quantitative estimate of drug-likeness (QED) is 0.593. The van der Waals surface area contributed by atoms with Gasteiger partial charge in [-0.15, -0.1) is 0 Å². The summed E-state index contributed by atoms with van der Waals surface area (Å²) in [6.07, 6.45) is 9.11. The van der Waals surface area contributed by atoms with E-state index in [1.807, 2.05) is 18.5 Å². The highest BCUT2D eigenvalue weighted by atomic mass is 32.2. The second kappa shape index (κ2) is 10.3. The first-order valence-electron chi connectivity index (χ1n) is 11.5. The number of aliphatic imine (C=N–C) groups is 1.